The minimum Gasteiger partial charge on any atom is -0.378 e. The van der Waals surface area contributed by atoms with E-state index in [0.717, 1.165) is 30.4 Å². The summed E-state index contributed by atoms with van der Waals surface area (Å²) in [6.07, 6.45) is 2.49. The Morgan fingerprint density at radius 1 is 1.27 bits per heavy atom. The second-order valence-corrected chi connectivity index (χ2v) is 7.79. The first-order valence-electron chi connectivity index (χ1n) is 7.84. The van der Waals surface area contributed by atoms with E-state index in [-0.39, 0.29) is 6.10 Å². The van der Waals surface area contributed by atoms with Crippen molar-refractivity contribution in [1.29, 1.82) is 0 Å². The summed E-state index contributed by atoms with van der Waals surface area (Å²) in [6, 6.07) is 5.56. The molecule has 0 amide bonds. The van der Waals surface area contributed by atoms with Gasteiger partial charge in [0.25, 0.3) is 0 Å². The third-order valence-corrected chi connectivity index (χ3v) is 6.11. The fraction of sp³-hybridized carbons (Fsp3) is 0.625. The molecule has 1 saturated heterocycles. The van der Waals surface area contributed by atoms with Gasteiger partial charge < -0.3 is 10.5 Å². The van der Waals surface area contributed by atoms with Gasteiger partial charge in [0, 0.05) is 19.7 Å². The summed E-state index contributed by atoms with van der Waals surface area (Å²) >= 11 is 0. The molecule has 6 heteroatoms. The Bertz CT molecular complexity index is 593. The molecular formula is C16H26N2O3S. The Balaban J connectivity index is 2.02. The van der Waals surface area contributed by atoms with E-state index < -0.39 is 10.0 Å². The summed E-state index contributed by atoms with van der Waals surface area (Å²) in [7, 11) is -3.41. The first-order chi connectivity index (χ1) is 10.4. The van der Waals surface area contributed by atoms with E-state index in [0.29, 0.717) is 31.1 Å². The van der Waals surface area contributed by atoms with E-state index in [1.165, 1.54) is 0 Å². The van der Waals surface area contributed by atoms with Crippen molar-refractivity contribution in [1.82, 2.24) is 4.31 Å². The monoisotopic (exact) mass is 326 g/mol. The SMILES string of the molecule is Cc1ccc(C)c(S(=O)(=O)N2CCC(OCCCN)CC2)c1. The van der Waals surface area contributed by atoms with Gasteiger partial charge in [-0.3, -0.25) is 0 Å². The fourth-order valence-corrected chi connectivity index (χ4v) is 4.48. The smallest absolute Gasteiger partial charge is 0.243 e. The topological polar surface area (TPSA) is 72.6 Å². The first kappa shape index (κ1) is 17.4. The van der Waals surface area contributed by atoms with Crippen molar-refractivity contribution in [3.8, 4) is 0 Å². The van der Waals surface area contributed by atoms with E-state index in [1.807, 2.05) is 26.0 Å². The Morgan fingerprint density at radius 2 is 1.95 bits per heavy atom. The molecule has 5 nitrogen and oxygen atoms in total. The van der Waals surface area contributed by atoms with Crippen LogP contribution in [-0.2, 0) is 14.8 Å². The molecule has 0 spiro atoms. The number of hydrogen-bond acceptors (Lipinski definition) is 4. The highest BCUT2D eigenvalue weighted by Gasteiger charge is 2.30. The fourth-order valence-electron chi connectivity index (χ4n) is 2.70. The van der Waals surface area contributed by atoms with Gasteiger partial charge in [-0.05, 0) is 56.8 Å². The molecule has 0 aromatic heterocycles. The van der Waals surface area contributed by atoms with E-state index >= 15 is 0 Å². The number of piperidine rings is 1. The lowest BCUT2D eigenvalue weighted by Crippen LogP contribution is -2.41. The lowest BCUT2D eigenvalue weighted by molar-refractivity contribution is 0.0209. The number of nitrogens with zero attached hydrogens (tertiary/aromatic N) is 1. The Morgan fingerprint density at radius 3 is 2.59 bits per heavy atom. The van der Waals surface area contributed by atoms with Crippen LogP contribution < -0.4 is 5.73 Å². The molecular weight excluding hydrogens is 300 g/mol. The molecule has 0 saturated carbocycles. The van der Waals surface area contributed by atoms with Gasteiger partial charge in [-0.2, -0.15) is 4.31 Å². The van der Waals surface area contributed by atoms with Crippen LogP contribution in [0.15, 0.2) is 23.1 Å². The van der Waals surface area contributed by atoms with Gasteiger partial charge in [0.2, 0.25) is 10.0 Å². The van der Waals surface area contributed by atoms with Gasteiger partial charge in [-0.15, -0.1) is 0 Å². The first-order valence-corrected chi connectivity index (χ1v) is 9.28. The van der Waals surface area contributed by atoms with E-state index in [4.69, 9.17) is 10.5 Å². The highest BCUT2D eigenvalue weighted by atomic mass is 32.2. The van der Waals surface area contributed by atoms with Crippen LogP contribution in [0, 0.1) is 13.8 Å². The summed E-state index contributed by atoms with van der Waals surface area (Å²) in [5.41, 5.74) is 7.21. The number of nitrogens with two attached hydrogens (primary N) is 1. The van der Waals surface area contributed by atoms with E-state index in [1.54, 1.807) is 10.4 Å². The predicted molar refractivity (Wildman–Crippen MR) is 87.3 cm³/mol. The largest absolute Gasteiger partial charge is 0.378 e. The molecule has 1 heterocycles. The van der Waals surface area contributed by atoms with E-state index in [9.17, 15) is 8.42 Å². The van der Waals surface area contributed by atoms with Gasteiger partial charge >= 0.3 is 0 Å². The summed E-state index contributed by atoms with van der Waals surface area (Å²) in [5, 5.41) is 0. The van der Waals surface area contributed by atoms with Crippen LogP contribution >= 0.6 is 0 Å². The lowest BCUT2D eigenvalue weighted by Gasteiger charge is -2.31. The van der Waals surface area contributed by atoms with Crippen LogP contribution in [0.4, 0.5) is 0 Å². The molecule has 1 aromatic carbocycles. The molecule has 0 bridgehead atoms. The average Bonchev–Trinajstić information content (AvgIpc) is 2.50. The van der Waals surface area contributed by atoms with Crippen LogP contribution in [0.3, 0.4) is 0 Å². The highest BCUT2D eigenvalue weighted by molar-refractivity contribution is 7.89. The predicted octanol–water partition coefficient (Wildman–Crippen LogP) is 1.82. The highest BCUT2D eigenvalue weighted by Crippen LogP contribution is 2.25. The molecule has 0 radical (unpaired) electrons. The zero-order chi connectivity index (χ0) is 16.2. The number of aryl methyl sites for hydroxylation is 2. The van der Waals surface area contributed by atoms with Crippen LogP contribution in [0.1, 0.15) is 30.4 Å². The lowest BCUT2D eigenvalue weighted by atomic mass is 10.1. The maximum absolute atomic E-state index is 12.8. The van der Waals surface area contributed by atoms with Crippen molar-refractivity contribution in [2.24, 2.45) is 5.73 Å². The number of ether oxygens (including phenoxy) is 1. The Hall–Kier alpha value is -0.950. The zero-order valence-corrected chi connectivity index (χ0v) is 14.2. The third-order valence-electron chi connectivity index (χ3n) is 4.06. The molecule has 0 aliphatic carbocycles. The van der Waals surface area contributed by atoms with Gasteiger partial charge in [0.15, 0.2) is 0 Å². The van der Waals surface area contributed by atoms with Crippen LogP contribution in [-0.4, -0.2) is 45.1 Å². The summed E-state index contributed by atoms with van der Waals surface area (Å²) < 4.78 is 32.9. The molecule has 0 unspecified atom stereocenters. The van der Waals surface area contributed by atoms with Crippen molar-refractivity contribution < 1.29 is 13.2 Å². The number of sulfonamides is 1. The summed E-state index contributed by atoms with van der Waals surface area (Å²) in [4.78, 5) is 0.426. The van der Waals surface area contributed by atoms with Gasteiger partial charge in [-0.25, -0.2) is 8.42 Å². The molecule has 1 fully saturated rings. The molecule has 2 N–H and O–H groups in total. The van der Waals surface area contributed by atoms with Crippen molar-refractivity contribution in [3.05, 3.63) is 29.3 Å². The number of benzene rings is 1. The number of rotatable bonds is 6. The normalized spacial score (nSPS) is 17.8. The Kier molecular flexibility index (Phi) is 5.97. The minimum atomic E-state index is -3.41. The molecule has 0 atom stereocenters. The summed E-state index contributed by atoms with van der Waals surface area (Å²) in [6.45, 7) is 6.07. The van der Waals surface area contributed by atoms with Gasteiger partial charge in [-0.1, -0.05) is 12.1 Å². The second kappa shape index (κ2) is 7.55. The third kappa shape index (κ3) is 4.07. The van der Waals surface area contributed by atoms with Crippen molar-refractivity contribution in [2.75, 3.05) is 26.2 Å². The van der Waals surface area contributed by atoms with Crippen LogP contribution in [0.2, 0.25) is 0 Å². The maximum Gasteiger partial charge on any atom is 0.243 e. The average molecular weight is 326 g/mol. The zero-order valence-electron chi connectivity index (χ0n) is 13.4. The Labute approximate surface area is 133 Å². The minimum absolute atomic E-state index is 0.150. The van der Waals surface area contributed by atoms with Gasteiger partial charge in [0.1, 0.15) is 0 Å². The second-order valence-electron chi connectivity index (χ2n) is 5.89. The van der Waals surface area contributed by atoms with Crippen LogP contribution in [0.5, 0.6) is 0 Å². The van der Waals surface area contributed by atoms with Crippen molar-refractivity contribution >= 4 is 10.0 Å². The standard InChI is InChI=1S/C16H26N2O3S/c1-13-4-5-14(2)16(12-13)22(19,20)18-9-6-15(7-10-18)21-11-3-8-17/h4-5,12,15H,3,6-11,17H2,1-2H3. The van der Waals surface area contributed by atoms with Crippen LogP contribution in [0.25, 0.3) is 0 Å². The van der Waals surface area contributed by atoms with E-state index in [2.05, 4.69) is 0 Å². The molecule has 1 aliphatic rings. The quantitative estimate of drug-likeness (QED) is 0.809. The molecule has 1 aliphatic heterocycles. The molecule has 124 valence electrons. The van der Waals surface area contributed by atoms with Gasteiger partial charge in [0.05, 0.1) is 11.0 Å². The number of hydrogen-bond donors (Lipinski definition) is 1. The molecule has 2 rings (SSSR count). The maximum atomic E-state index is 12.8. The molecule has 1 aromatic rings. The van der Waals surface area contributed by atoms with Crippen molar-refractivity contribution in [2.45, 2.75) is 44.1 Å². The summed E-state index contributed by atoms with van der Waals surface area (Å²) in [5.74, 6) is 0. The molecule has 22 heavy (non-hydrogen) atoms. The van der Waals surface area contributed by atoms with Crippen molar-refractivity contribution in [3.63, 3.8) is 0 Å².